The maximum atomic E-state index is 12.4. The van der Waals surface area contributed by atoms with Gasteiger partial charge in [0.15, 0.2) is 0 Å². The fraction of sp³-hybridized carbons (Fsp3) is 0.931. The first-order chi connectivity index (χ1) is 16.0. The SMILES string of the molecule is C/C(=C\C1CC[C@@]2(O)[C@@H]3CCC4CC(O)CC[C@]4(C)[C@@H]3CC[C@]12C)CN(C)OCCCN(C)C. The van der Waals surface area contributed by atoms with E-state index >= 15 is 0 Å². The van der Waals surface area contributed by atoms with Crippen molar-refractivity contribution in [2.45, 2.75) is 96.7 Å². The second-order valence-electron chi connectivity index (χ2n) is 13.2. The Balaban J connectivity index is 1.41. The highest BCUT2D eigenvalue weighted by molar-refractivity contribution is 5.21. The van der Waals surface area contributed by atoms with Gasteiger partial charge in [0.1, 0.15) is 0 Å². The van der Waals surface area contributed by atoms with Crippen molar-refractivity contribution < 1.29 is 15.1 Å². The van der Waals surface area contributed by atoms with Crippen LogP contribution in [0.15, 0.2) is 11.6 Å². The molecule has 4 fully saturated rings. The molecule has 196 valence electrons. The predicted octanol–water partition coefficient (Wildman–Crippen LogP) is 4.88. The molecule has 2 N–H and O–H groups in total. The Morgan fingerprint density at radius 2 is 1.76 bits per heavy atom. The lowest BCUT2D eigenvalue weighted by atomic mass is 9.43. The molecule has 4 saturated carbocycles. The summed E-state index contributed by atoms with van der Waals surface area (Å²) in [5, 5.41) is 24.6. The molecule has 0 aromatic rings. The Hall–Kier alpha value is -0.460. The fourth-order valence-electron chi connectivity index (χ4n) is 8.91. The summed E-state index contributed by atoms with van der Waals surface area (Å²) >= 11 is 0. The van der Waals surface area contributed by atoms with Crippen LogP contribution >= 0.6 is 0 Å². The lowest BCUT2D eigenvalue weighted by molar-refractivity contribution is -0.207. The van der Waals surface area contributed by atoms with E-state index < -0.39 is 5.60 Å². The summed E-state index contributed by atoms with van der Waals surface area (Å²) in [5.41, 5.74) is 1.08. The number of rotatable bonds is 8. The van der Waals surface area contributed by atoms with E-state index in [9.17, 15) is 10.2 Å². The Bertz CT molecular complexity index is 741. The van der Waals surface area contributed by atoms with E-state index in [0.29, 0.717) is 29.1 Å². The number of aliphatic hydroxyl groups excluding tert-OH is 1. The van der Waals surface area contributed by atoms with Crippen molar-refractivity contribution in [3.05, 3.63) is 11.6 Å². The monoisotopic (exact) mass is 476 g/mol. The summed E-state index contributed by atoms with van der Waals surface area (Å²) in [6, 6.07) is 0. The third kappa shape index (κ3) is 4.77. The van der Waals surface area contributed by atoms with Crippen molar-refractivity contribution in [1.29, 1.82) is 0 Å². The average Bonchev–Trinajstić information content (AvgIpc) is 3.02. The van der Waals surface area contributed by atoms with E-state index in [1.165, 1.54) is 18.4 Å². The third-order valence-electron chi connectivity index (χ3n) is 10.9. The van der Waals surface area contributed by atoms with E-state index in [1.54, 1.807) is 0 Å². The van der Waals surface area contributed by atoms with Crippen molar-refractivity contribution in [2.75, 3.05) is 40.8 Å². The summed E-state index contributed by atoms with van der Waals surface area (Å²) in [5.74, 6) is 2.11. The van der Waals surface area contributed by atoms with Crippen molar-refractivity contribution in [3.8, 4) is 0 Å². The molecule has 8 atom stereocenters. The van der Waals surface area contributed by atoms with Crippen LogP contribution in [0.4, 0.5) is 0 Å². The largest absolute Gasteiger partial charge is 0.393 e. The molecule has 4 aliphatic carbocycles. The van der Waals surface area contributed by atoms with Crippen LogP contribution in [0.2, 0.25) is 0 Å². The van der Waals surface area contributed by atoms with E-state index in [-0.39, 0.29) is 11.5 Å². The van der Waals surface area contributed by atoms with Crippen LogP contribution in [0.3, 0.4) is 0 Å². The van der Waals surface area contributed by atoms with Crippen molar-refractivity contribution >= 4 is 0 Å². The molecule has 0 bridgehead atoms. The number of aliphatic hydroxyl groups is 2. The molecule has 4 rings (SSSR count). The Morgan fingerprint density at radius 1 is 1.00 bits per heavy atom. The second kappa shape index (κ2) is 10.1. The normalized spacial score (nSPS) is 44.8. The molecule has 0 aromatic carbocycles. The minimum Gasteiger partial charge on any atom is -0.393 e. The van der Waals surface area contributed by atoms with Gasteiger partial charge in [-0.1, -0.05) is 25.5 Å². The summed E-state index contributed by atoms with van der Waals surface area (Å²) < 4.78 is 0. The first kappa shape index (κ1) is 26.6. The Kier molecular flexibility index (Phi) is 7.92. The molecule has 0 saturated heterocycles. The smallest absolute Gasteiger partial charge is 0.0737 e. The highest BCUT2D eigenvalue weighted by Gasteiger charge is 2.66. The van der Waals surface area contributed by atoms with Gasteiger partial charge >= 0.3 is 0 Å². The first-order valence-electron chi connectivity index (χ1n) is 14.1. The number of nitrogens with zero attached hydrogens (tertiary/aromatic N) is 2. The molecule has 0 spiro atoms. The first-order valence-corrected chi connectivity index (χ1v) is 14.1. The zero-order chi connectivity index (χ0) is 24.7. The van der Waals surface area contributed by atoms with Gasteiger partial charge in [0.05, 0.1) is 18.3 Å². The molecule has 5 nitrogen and oxygen atoms in total. The number of likely N-dealkylation sites (N-methyl/N-ethyl adjacent to an activating group) is 1. The molecule has 5 heteroatoms. The van der Waals surface area contributed by atoms with Crippen LogP contribution in [0.5, 0.6) is 0 Å². The quantitative estimate of drug-likeness (QED) is 0.297. The number of fused-ring (bicyclic) bond motifs is 5. The van der Waals surface area contributed by atoms with E-state index in [1.807, 2.05) is 12.1 Å². The average molecular weight is 477 g/mol. The molecule has 0 amide bonds. The van der Waals surface area contributed by atoms with Gasteiger partial charge in [-0.05, 0) is 121 Å². The van der Waals surface area contributed by atoms with Crippen LogP contribution in [0.25, 0.3) is 0 Å². The minimum atomic E-state index is -0.546. The summed E-state index contributed by atoms with van der Waals surface area (Å²) in [7, 11) is 6.23. The van der Waals surface area contributed by atoms with Crippen molar-refractivity contribution in [2.24, 2.45) is 34.5 Å². The van der Waals surface area contributed by atoms with E-state index in [2.05, 4.69) is 45.8 Å². The Labute approximate surface area is 208 Å². The van der Waals surface area contributed by atoms with Gasteiger partial charge in [-0.2, -0.15) is 5.06 Å². The second-order valence-corrected chi connectivity index (χ2v) is 13.2. The number of hydroxylamine groups is 2. The van der Waals surface area contributed by atoms with Gasteiger partial charge in [-0.15, -0.1) is 0 Å². The van der Waals surface area contributed by atoms with Crippen molar-refractivity contribution in [3.63, 3.8) is 0 Å². The van der Waals surface area contributed by atoms with Gasteiger partial charge in [-0.3, -0.25) is 4.84 Å². The fourth-order valence-corrected chi connectivity index (χ4v) is 8.91. The molecule has 0 aliphatic heterocycles. The third-order valence-corrected chi connectivity index (χ3v) is 10.9. The van der Waals surface area contributed by atoms with Gasteiger partial charge in [0.25, 0.3) is 0 Å². The van der Waals surface area contributed by atoms with Gasteiger partial charge in [-0.25, -0.2) is 0 Å². The summed E-state index contributed by atoms with van der Waals surface area (Å²) in [4.78, 5) is 8.11. The maximum absolute atomic E-state index is 12.4. The summed E-state index contributed by atoms with van der Waals surface area (Å²) in [6.07, 6.45) is 13.2. The molecular weight excluding hydrogens is 424 g/mol. The van der Waals surface area contributed by atoms with Crippen LogP contribution < -0.4 is 0 Å². The topological polar surface area (TPSA) is 56.2 Å². The van der Waals surface area contributed by atoms with Crippen molar-refractivity contribution in [1.82, 2.24) is 9.96 Å². The Morgan fingerprint density at radius 3 is 2.50 bits per heavy atom. The molecule has 0 aromatic heterocycles. The molecule has 0 heterocycles. The molecule has 4 aliphatic rings. The lowest BCUT2D eigenvalue weighted by Gasteiger charge is -2.63. The molecule has 0 radical (unpaired) electrons. The maximum Gasteiger partial charge on any atom is 0.0737 e. The highest BCUT2D eigenvalue weighted by atomic mass is 16.7. The number of hydrogen-bond donors (Lipinski definition) is 2. The highest BCUT2D eigenvalue weighted by Crippen LogP contribution is 2.69. The predicted molar refractivity (Wildman–Crippen MR) is 138 cm³/mol. The van der Waals surface area contributed by atoms with Gasteiger partial charge in [0, 0.05) is 19.0 Å². The zero-order valence-electron chi connectivity index (χ0n) is 22.9. The minimum absolute atomic E-state index is 0.0298. The molecule has 34 heavy (non-hydrogen) atoms. The lowest BCUT2D eigenvalue weighted by Crippen LogP contribution is -2.62. The van der Waals surface area contributed by atoms with Crippen LogP contribution in [0, 0.1) is 34.5 Å². The number of allylic oxidation sites excluding steroid dienone is 1. The molecule has 3 unspecified atom stereocenters. The van der Waals surface area contributed by atoms with Crippen LogP contribution in [0.1, 0.15) is 85.0 Å². The zero-order valence-corrected chi connectivity index (χ0v) is 22.9. The number of hydrogen-bond acceptors (Lipinski definition) is 5. The van der Waals surface area contributed by atoms with E-state index in [4.69, 9.17) is 4.84 Å². The standard InChI is InChI=1S/C29H52N2O3/c1-21(20-31(6)34-17-7-16-30(4)5)18-23-10-15-29(33)26-9-8-22-19-24(32)11-13-27(22,2)25(26)12-14-28(23,29)3/h18,22-26,32-33H,7-17,19-20H2,1-6H3/b21-18+/t22?,23?,24?,25-,26-,27+,28-,29-/m1/s1. The summed E-state index contributed by atoms with van der Waals surface area (Å²) in [6.45, 7) is 9.74. The van der Waals surface area contributed by atoms with E-state index in [0.717, 1.165) is 71.1 Å². The van der Waals surface area contributed by atoms with Crippen LogP contribution in [-0.4, -0.2) is 72.7 Å². The van der Waals surface area contributed by atoms with Crippen LogP contribution in [-0.2, 0) is 4.84 Å². The van der Waals surface area contributed by atoms with Gasteiger partial charge in [0.2, 0.25) is 0 Å². The van der Waals surface area contributed by atoms with Gasteiger partial charge < -0.3 is 15.1 Å². The molecular formula is C29H52N2O3.